The Hall–Kier alpha value is -2.49. The number of aromatic nitrogens is 1. The Labute approximate surface area is 134 Å². The number of methoxy groups -OCH3 is 2. The molecule has 4 heteroatoms. The van der Waals surface area contributed by atoms with Crippen molar-refractivity contribution in [2.75, 3.05) is 14.2 Å². The molecule has 1 aliphatic carbocycles. The summed E-state index contributed by atoms with van der Waals surface area (Å²) in [5.41, 5.74) is 1.84. The van der Waals surface area contributed by atoms with Gasteiger partial charge in [-0.2, -0.15) is 0 Å². The minimum Gasteiger partial charge on any atom is -0.493 e. The molecule has 1 aromatic heterocycles. The van der Waals surface area contributed by atoms with Crippen molar-refractivity contribution in [2.24, 2.45) is 0 Å². The highest BCUT2D eigenvalue weighted by atomic mass is 16.5. The van der Waals surface area contributed by atoms with Crippen molar-refractivity contribution in [3.05, 3.63) is 46.6 Å². The molecule has 4 rings (SSSR count). The molecule has 4 nitrogen and oxygen atoms in total. The molecule has 0 aliphatic heterocycles. The van der Waals surface area contributed by atoms with Gasteiger partial charge >= 0.3 is 0 Å². The van der Waals surface area contributed by atoms with Gasteiger partial charge in [-0.25, -0.2) is 0 Å². The van der Waals surface area contributed by atoms with E-state index < -0.39 is 0 Å². The maximum atomic E-state index is 12.9. The molecule has 0 saturated heterocycles. The van der Waals surface area contributed by atoms with E-state index in [0.29, 0.717) is 17.5 Å². The van der Waals surface area contributed by atoms with Crippen molar-refractivity contribution in [3.8, 4) is 11.5 Å². The van der Waals surface area contributed by atoms with Gasteiger partial charge in [0.25, 0.3) is 0 Å². The first-order chi connectivity index (χ1) is 11.2. The van der Waals surface area contributed by atoms with Crippen LogP contribution in [0.5, 0.6) is 11.5 Å². The topological polar surface area (TPSA) is 40.5 Å². The van der Waals surface area contributed by atoms with Gasteiger partial charge in [-0.05, 0) is 31.4 Å². The third-order valence-electron chi connectivity index (χ3n) is 4.84. The minimum absolute atomic E-state index is 0.0248. The highest BCUT2D eigenvalue weighted by Gasteiger charge is 2.25. The summed E-state index contributed by atoms with van der Waals surface area (Å²) in [6.45, 7) is 0. The fourth-order valence-corrected chi connectivity index (χ4v) is 3.49. The van der Waals surface area contributed by atoms with E-state index in [1.807, 2.05) is 18.2 Å². The standard InChI is InChI=1S/C19H19NO3/c1-22-17-10-14-13-8-3-4-9-15(13)20(12-6-5-7-12)19(14)16(21)11-18(17)23-2/h3-4,8-12H,5-7H2,1-2H3. The second-order valence-electron chi connectivity index (χ2n) is 6.02. The first-order valence-corrected chi connectivity index (χ1v) is 7.93. The number of ether oxygens (including phenoxy) is 2. The van der Waals surface area contributed by atoms with Crippen LogP contribution in [0.4, 0.5) is 0 Å². The molecule has 1 saturated carbocycles. The summed E-state index contributed by atoms with van der Waals surface area (Å²) in [5.74, 6) is 1.05. The second kappa shape index (κ2) is 5.30. The van der Waals surface area contributed by atoms with Gasteiger partial charge < -0.3 is 14.0 Å². The normalized spacial score (nSPS) is 14.9. The van der Waals surface area contributed by atoms with Crippen LogP contribution in [0, 0.1) is 0 Å². The average Bonchev–Trinajstić information content (AvgIpc) is 2.75. The van der Waals surface area contributed by atoms with Crippen molar-refractivity contribution in [3.63, 3.8) is 0 Å². The van der Waals surface area contributed by atoms with Gasteiger partial charge in [-0.1, -0.05) is 18.2 Å². The van der Waals surface area contributed by atoms with E-state index in [1.54, 1.807) is 14.2 Å². The molecule has 0 radical (unpaired) electrons. The Morgan fingerprint density at radius 2 is 1.70 bits per heavy atom. The van der Waals surface area contributed by atoms with E-state index >= 15 is 0 Å². The molecule has 0 bridgehead atoms. The lowest BCUT2D eigenvalue weighted by Gasteiger charge is -2.28. The summed E-state index contributed by atoms with van der Waals surface area (Å²) in [6, 6.07) is 12.1. The Balaban J connectivity index is 2.22. The smallest absolute Gasteiger partial charge is 0.206 e. The number of benzene rings is 1. The van der Waals surface area contributed by atoms with Crippen LogP contribution in [-0.4, -0.2) is 18.8 Å². The van der Waals surface area contributed by atoms with Crippen LogP contribution < -0.4 is 14.9 Å². The van der Waals surface area contributed by atoms with Crippen molar-refractivity contribution in [1.29, 1.82) is 0 Å². The lowest BCUT2D eigenvalue weighted by molar-refractivity contribution is 0.328. The van der Waals surface area contributed by atoms with E-state index in [1.165, 1.54) is 12.5 Å². The van der Waals surface area contributed by atoms with Crippen molar-refractivity contribution < 1.29 is 9.47 Å². The molecule has 1 fully saturated rings. The first-order valence-electron chi connectivity index (χ1n) is 7.93. The minimum atomic E-state index is -0.0248. The molecule has 2 aromatic carbocycles. The maximum Gasteiger partial charge on any atom is 0.206 e. The van der Waals surface area contributed by atoms with Crippen LogP contribution in [-0.2, 0) is 0 Å². The molecule has 23 heavy (non-hydrogen) atoms. The van der Waals surface area contributed by atoms with Gasteiger partial charge in [0, 0.05) is 28.4 Å². The summed E-state index contributed by atoms with van der Waals surface area (Å²) < 4.78 is 13.0. The molecular weight excluding hydrogens is 290 g/mol. The quantitative estimate of drug-likeness (QED) is 0.737. The van der Waals surface area contributed by atoms with E-state index in [9.17, 15) is 4.79 Å². The third-order valence-corrected chi connectivity index (χ3v) is 4.84. The Kier molecular flexibility index (Phi) is 3.26. The van der Waals surface area contributed by atoms with E-state index in [0.717, 1.165) is 34.6 Å². The highest BCUT2D eigenvalue weighted by Crippen LogP contribution is 2.40. The molecule has 3 aromatic rings. The lowest BCUT2D eigenvalue weighted by atomic mass is 9.92. The molecule has 0 N–H and O–H groups in total. The first kappa shape index (κ1) is 14.1. The molecular formula is C19H19NO3. The summed E-state index contributed by atoms with van der Waals surface area (Å²) >= 11 is 0. The molecule has 1 aliphatic rings. The summed E-state index contributed by atoms with van der Waals surface area (Å²) in [5, 5.41) is 2.01. The molecule has 118 valence electrons. The fourth-order valence-electron chi connectivity index (χ4n) is 3.49. The van der Waals surface area contributed by atoms with Crippen LogP contribution in [0.15, 0.2) is 41.2 Å². The van der Waals surface area contributed by atoms with E-state index in [-0.39, 0.29) is 5.43 Å². The van der Waals surface area contributed by atoms with E-state index in [2.05, 4.69) is 16.7 Å². The Morgan fingerprint density at radius 1 is 1.00 bits per heavy atom. The van der Waals surface area contributed by atoms with Gasteiger partial charge in [0.2, 0.25) is 5.43 Å². The summed E-state index contributed by atoms with van der Waals surface area (Å²) in [4.78, 5) is 12.9. The van der Waals surface area contributed by atoms with Gasteiger partial charge in [-0.3, -0.25) is 4.79 Å². The number of nitrogens with zero attached hydrogens (tertiary/aromatic N) is 1. The molecule has 0 atom stereocenters. The van der Waals surface area contributed by atoms with Crippen molar-refractivity contribution in [1.82, 2.24) is 4.57 Å². The van der Waals surface area contributed by atoms with Crippen LogP contribution in [0.25, 0.3) is 21.8 Å². The van der Waals surface area contributed by atoms with Gasteiger partial charge in [-0.15, -0.1) is 0 Å². The number of fused-ring (bicyclic) bond motifs is 3. The largest absolute Gasteiger partial charge is 0.493 e. The van der Waals surface area contributed by atoms with Gasteiger partial charge in [0.1, 0.15) is 0 Å². The number of hydrogen-bond donors (Lipinski definition) is 0. The average molecular weight is 309 g/mol. The van der Waals surface area contributed by atoms with Crippen LogP contribution in [0.3, 0.4) is 0 Å². The molecule has 0 unspecified atom stereocenters. The van der Waals surface area contributed by atoms with Gasteiger partial charge in [0.15, 0.2) is 11.5 Å². The van der Waals surface area contributed by atoms with Crippen LogP contribution >= 0.6 is 0 Å². The van der Waals surface area contributed by atoms with Gasteiger partial charge in [0.05, 0.1) is 19.7 Å². The molecule has 0 amide bonds. The third kappa shape index (κ3) is 2.01. The zero-order valence-electron chi connectivity index (χ0n) is 13.3. The lowest BCUT2D eigenvalue weighted by Crippen LogP contribution is -2.19. The number of hydrogen-bond acceptors (Lipinski definition) is 3. The Bertz CT molecular complexity index is 954. The molecule has 0 spiro atoms. The van der Waals surface area contributed by atoms with Crippen LogP contribution in [0.1, 0.15) is 25.3 Å². The predicted molar refractivity (Wildman–Crippen MR) is 91.7 cm³/mol. The molecule has 1 heterocycles. The van der Waals surface area contributed by atoms with Crippen molar-refractivity contribution >= 4 is 21.8 Å². The second-order valence-corrected chi connectivity index (χ2v) is 6.02. The SMILES string of the molecule is COc1cc(=O)c2c(cc1OC)c1ccccc1n2C1CCC1. The predicted octanol–water partition coefficient (Wildman–Crippen LogP) is 3.90. The zero-order valence-corrected chi connectivity index (χ0v) is 13.3. The summed E-state index contributed by atoms with van der Waals surface area (Å²) in [6.07, 6.45) is 3.47. The van der Waals surface area contributed by atoms with Crippen molar-refractivity contribution in [2.45, 2.75) is 25.3 Å². The monoisotopic (exact) mass is 309 g/mol. The number of rotatable bonds is 3. The van der Waals surface area contributed by atoms with Crippen LogP contribution in [0.2, 0.25) is 0 Å². The maximum absolute atomic E-state index is 12.9. The fraction of sp³-hybridized carbons (Fsp3) is 0.316. The Morgan fingerprint density at radius 3 is 2.35 bits per heavy atom. The van der Waals surface area contributed by atoms with E-state index in [4.69, 9.17) is 9.47 Å². The summed E-state index contributed by atoms with van der Waals surface area (Å²) in [7, 11) is 3.15. The zero-order chi connectivity index (χ0) is 16.0. The number of para-hydroxylation sites is 1. The highest BCUT2D eigenvalue weighted by molar-refractivity contribution is 6.08.